The van der Waals surface area contributed by atoms with E-state index < -0.39 is 0 Å². The van der Waals surface area contributed by atoms with Gasteiger partial charge in [0, 0.05) is 37.3 Å². The van der Waals surface area contributed by atoms with Crippen LogP contribution in [0.2, 0.25) is 5.02 Å². The number of likely N-dealkylation sites (N-methyl/N-ethyl adjacent to an activating group) is 1. The number of anilines is 2. The molecule has 3 rings (SSSR count). The minimum Gasteiger partial charge on any atom is -0.367 e. The smallest absolute Gasteiger partial charge is 0.248 e. The van der Waals surface area contributed by atoms with Crippen LogP contribution in [0.4, 0.5) is 11.4 Å². The molecule has 2 aromatic rings. The quantitative estimate of drug-likeness (QED) is 0.805. The molecule has 0 radical (unpaired) electrons. The van der Waals surface area contributed by atoms with Crippen LogP contribution in [0.25, 0.3) is 6.08 Å². The SMILES string of the molecule is CCN1CCN(c2ccc(Cl)cc2NC(=O)/C=C/c2ccccc2)CC1. The Hall–Kier alpha value is -2.30. The third-order valence-corrected chi connectivity index (χ3v) is 4.84. The third-order valence-electron chi connectivity index (χ3n) is 4.60. The van der Waals surface area contributed by atoms with E-state index >= 15 is 0 Å². The summed E-state index contributed by atoms with van der Waals surface area (Å²) in [4.78, 5) is 17.1. The van der Waals surface area contributed by atoms with Crippen molar-refractivity contribution in [2.75, 3.05) is 42.9 Å². The largest absolute Gasteiger partial charge is 0.367 e. The lowest BCUT2D eigenvalue weighted by Gasteiger charge is -2.36. The fourth-order valence-corrected chi connectivity index (χ4v) is 3.27. The third kappa shape index (κ3) is 4.87. The molecule has 136 valence electrons. The first-order valence-corrected chi connectivity index (χ1v) is 9.34. The standard InChI is InChI=1S/C21H24ClN3O/c1-2-24-12-14-25(15-13-24)20-10-9-18(22)16-19(20)23-21(26)11-8-17-6-4-3-5-7-17/h3-11,16H,2,12-15H2,1H3,(H,23,26)/b11-8+. The highest BCUT2D eigenvalue weighted by atomic mass is 35.5. The van der Waals surface area contributed by atoms with Crippen LogP contribution >= 0.6 is 11.6 Å². The Morgan fingerprint density at radius 2 is 1.85 bits per heavy atom. The topological polar surface area (TPSA) is 35.6 Å². The number of piperazine rings is 1. The molecule has 1 aliphatic heterocycles. The van der Waals surface area contributed by atoms with E-state index in [1.807, 2.05) is 48.5 Å². The number of nitrogens with one attached hydrogen (secondary N) is 1. The zero-order valence-corrected chi connectivity index (χ0v) is 15.7. The number of carbonyl (C=O) groups is 1. The lowest BCUT2D eigenvalue weighted by Crippen LogP contribution is -2.46. The minimum atomic E-state index is -0.162. The Kier molecular flexibility index (Phi) is 6.31. The molecule has 1 fully saturated rings. The molecule has 4 nitrogen and oxygen atoms in total. The molecule has 0 atom stereocenters. The molecule has 0 bridgehead atoms. The van der Waals surface area contributed by atoms with Crippen molar-refractivity contribution in [1.82, 2.24) is 4.90 Å². The number of hydrogen-bond donors (Lipinski definition) is 1. The van der Waals surface area contributed by atoms with Gasteiger partial charge in [0.15, 0.2) is 0 Å². The predicted octanol–water partition coefficient (Wildman–Crippen LogP) is 4.13. The van der Waals surface area contributed by atoms with Crippen molar-refractivity contribution in [3.05, 3.63) is 65.2 Å². The zero-order chi connectivity index (χ0) is 18.4. The molecule has 2 aromatic carbocycles. The number of hydrogen-bond acceptors (Lipinski definition) is 3. The summed E-state index contributed by atoms with van der Waals surface area (Å²) in [5, 5.41) is 3.59. The van der Waals surface area contributed by atoms with Crippen LogP contribution in [0.5, 0.6) is 0 Å². The van der Waals surface area contributed by atoms with E-state index in [0.717, 1.165) is 49.7 Å². The van der Waals surface area contributed by atoms with Gasteiger partial charge in [-0.05, 0) is 36.4 Å². The van der Waals surface area contributed by atoms with Gasteiger partial charge in [-0.15, -0.1) is 0 Å². The van der Waals surface area contributed by atoms with E-state index in [-0.39, 0.29) is 5.91 Å². The summed E-state index contributed by atoms with van der Waals surface area (Å²) in [5.41, 5.74) is 2.77. The van der Waals surface area contributed by atoms with E-state index in [1.165, 1.54) is 0 Å². The van der Waals surface area contributed by atoms with Gasteiger partial charge in [0.25, 0.3) is 0 Å². The molecule has 0 aromatic heterocycles. The first-order chi connectivity index (χ1) is 12.7. The van der Waals surface area contributed by atoms with Crippen molar-refractivity contribution in [3.8, 4) is 0 Å². The molecule has 1 amide bonds. The lowest BCUT2D eigenvalue weighted by molar-refractivity contribution is -0.111. The molecular formula is C21H24ClN3O. The summed E-state index contributed by atoms with van der Waals surface area (Å²) < 4.78 is 0. The molecule has 1 N–H and O–H groups in total. The number of carbonyl (C=O) groups excluding carboxylic acids is 1. The van der Waals surface area contributed by atoms with Gasteiger partial charge in [-0.1, -0.05) is 48.9 Å². The van der Waals surface area contributed by atoms with Crippen LogP contribution in [-0.4, -0.2) is 43.5 Å². The van der Waals surface area contributed by atoms with Crippen molar-refractivity contribution in [1.29, 1.82) is 0 Å². The molecule has 5 heteroatoms. The van der Waals surface area contributed by atoms with Crippen LogP contribution in [0, 0.1) is 0 Å². The summed E-state index contributed by atoms with van der Waals surface area (Å²) in [6.45, 7) is 7.20. The van der Waals surface area contributed by atoms with Gasteiger partial charge >= 0.3 is 0 Å². The molecular weight excluding hydrogens is 346 g/mol. The molecule has 1 aliphatic rings. The molecule has 0 spiro atoms. The van der Waals surface area contributed by atoms with Crippen molar-refractivity contribution in [3.63, 3.8) is 0 Å². The average Bonchev–Trinajstić information content (AvgIpc) is 2.67. The maximum atomic E-state index is 12.4. The minimum absolute atomic E-state index is 0.162. The van der Waals surface area contributed by atoms with Gasteiger partial charge in [0.2, 0.25) is 5.91 Å². The normalized spacial score (nSPS) is 15.4. The Morgan fingerprint density at radius 3 is 2.54 bits per heavy atom. The number of nitrogens with zero attached hydrogens (tertiary/aromatic N) is 2. The van der Waals surface area contributed by atoms with Crippen molar-refractivity contribution >= 4 is 35.0 Å². The maximum Gasteiger partial charge on any atom is 0.248 e. The molecule has 1 heterocycles. The van der Waals surface area contributed by atoms with Crippen LogP contribution in [0.3, 0.4) is 0 Å². The Labute approximate surface area is 160 Å². The van der Waals surface area contributed by atoms with Crippen molar-refractivity contribution in [2.45, 2.75) is 6.92 Å². The van der Waals surface area contributed by atoms with E-state index in [0.29, 0.717) is 5.02 Å². The number of amides is 1. The number of benzene rings is 2. The van der Waals surface area contributed by atoms with E-state index in [9.17, 15) is 4.79 Å². The average molecular weight is 370 g/mol. The zero-order valence-electron chi connectivity index (χ0n) is 15.0. The summed E-state index contributed by atoms with van der Waals surface area (Å²) >= 11 is 6.16. The van der Waals surface area contributed by atoms with Gasteiger partial charge in [-0.3, -0.25) is 4.79 Å². The summed E-state index contributed by atoms with van der Waals surface area (Å²) in [6.07, 6.45) is 3.36. The van der Waals surface area contributed by atoms with Gasteiger partial charge in [0.1, 0.15) is 0 Å². The lowest BCUT2D eigenvalue weighted by atomic mass is 10.2. The molecule has 0 saturated carbocycles. The molecule has 0 unspecified atom stereocenters. The first-order valence-electron chi connectivity index (χ1n) is 8.96. The van der Waals surface area contributed by atoms with Crippen LogP contribution < -0.4 is 10.2 Å². The van der Waals surface area contributed by atoms with E-state index in [1.54, 1.807) is 12.2 Å². The molecule has 1 saturated heterocycles. The van der Waals surface area contributed by atoms with Crippen LogP contribution in [0.1, 0.15) is 12.5 Å². The fraction of sp³-hybridized carbons (Fsp3) is 0.286. The van der Waals surface area contributed by atoms with Crippen LogP contribution in [0.15, 0.2) is 54.6 Å². The monoisotopic (exact) mass is 369 g/mol. The van der Waals surface area contributed by atoms with Gasteiger partial charge in [-0.25, -0.2) is 0 Å². The maximum absolute atomic E-state index is 12.4. The predicted molar refractivity (Wildman–Crippen MR) is 110 cm³/mol. The fourth-order valence-electron chi connectivity index (χ4n) is 3.10. The summed E-state index contributed by atoms with van der Waals surface area (Å²) in [7, 11) is 0. The number of halogens is 1. The first kappa shape index (κ1) is 18.5. The van der Waals surface area contributed by atoms with E-state index in [4.69, 9.17) is 11.6 Å². The van der Waals surface area contributed by atoms with Gasteiger partial charge in [0.05, 0.1) is 11.4 Å². The summed E-state index contributed by atoms with van der Waals surface area (Å²) in [5.74, 6) is -0.162. The molecule has 26 heavy (non-hydrogen) atoms. The van der Waals surface area contributed by atoms with E-state index in [2.05, 4.69) is 22.0 Å². The second kappa shape index (κ2) is 8.88. The second-order valence-electron chi connectivity index (χ2n) is 6.32. The number of rotatable bonds is 5. The van der Waals surface area contributed by atoms with Gasteiger partial charge in [-0.2, -0.15) is 0 Å². The highest BCUT2D eigenvalue weighted by Crippen LogP contribution is 2.30. The Morgan fingerprint density at radius 1 is 1.12 bits per heavy atom. The van der Waals surface area contributed by atoms with Gasteiger partial charge < -0.3 is 15.1 Å². The Bertz CT molecular complexity index is 768. The second-order valence-corrected chi connectivity index (χ2v) is 6.75. The highest BCUT2D eigenvalue weighted by Gasteiger charge is 2.19. The van der Waals surface area contributed by atoms with Crippen molar-refractivity contribution < 1.29 is 4.79 Å². The highest BCUT2D eigenvalue weighted by molar-refractivity contribution is 6.31. The Balaban J connectivity index is 1.72. The van der Waals surface area contributed by atoms with Crippen molar-refractivity contribution in [2.24, 2.45) is 0 Å². The molecule has 0 aliphatic carbocycles. The summed E-state index contributed by atoms with van der Waals surface area (Å²) in [6, 6.07) is 15.4. The van der Waals surface area contributed by atoms with Crippen LogP contribution in [-0.2, 0) is 4.79 Å².